The molecule has 2 heterocycles. The number of guanidine groups is 1. The monoisotopic (exact) mass is 1360 g/mol. The van der Waals surface area contributed by atoms with Gasteiger partial charge in [0.1, 0.15) is 54.4 Å². The summed E-state index contributed by atoms with van der Waals surface area (Å²) in [7, 11) is 0. The van der Waals surface area contributed by atoms with Crippen LogP contribution >= 0.6 is 11.8 Å². The van der Waals surface area contributed by atoms with E-state index in [1.165, 1.54) is 21.6 Å². The first-order valence-corrected chi connectivity index (χ1v) is 34.0. The van der Waals surface area contributed by atoms with Crippen molar-refractivity contribution in [2.75, 3.05) is 44.7 Å². The van der Waals surface area contributed by atoms with Crippen molar-refractivity contribution < 1.29 is 62.3 Å². The van der Waals surface area contributed by atoms with E-state index in [0.29, 0.717) is 55.4 Å². The molecule has 96 heavy (non-hydrogen) atoms. The molecular formula is C64H100N18O13S. The maximum Gasteiger partial charge on any atom is 0.245 e. The number of likely N-dealkylation sites (tertiary alicyclic amines) is 2. The van der Waals surface area contributed by atoms with Gasteiger partial charge in [-0.1, -0.05) is 81.4 Å². The molecule has 0 aliphatic carbocycles. The molecule has 31 nitrogen and oxygen atoms in total. The fraction of sp³-hybridized carbons (Fsp3) is 0.594. The van der Waals surface area contributed by atoms with E-state index >= 15 is 0 Å². The van der Waals surface area contributed by atoms with E-state index in [-0.39, 0.29) is 76.6 Å². The largest absolute Gasteiger partial charge is 0.370 e. The van der Waals surface area contributed by atoms with Crippen molar-refractivity contribution in [3.63, 3.8) is 0 Å². The van der Waals surface area contributed by atoms with E-state index in [9.17, 15) is 62.3 Å². The second kappa shape index (κ2) is 41.1. The summed E-state index contributed by atoms with van der Waals surface area (Å²) in [6.07, 6.45) is 3.28. The van der Waals surface area contributed by atoms with Gasteiger partial charge < -0.3 is 92.5 Å². The number of unbranched alkanes of at least 4 members (excludes halogenated alkanes) is 1. The number of hydrogen-bond donors (Lipinski definition) is 15. The molecule has 0 radical (unpaired) electrons. The number of thioether (sulfide) groups is 1. The highest BCUT2D eigenvalue weighted by Gasteiger charge is 2.43. The number of rotatable bonds is 42. The molecule has 22 N–H and O–H groups in total. The van der Waals surface area contributed by atoms with E-state index in [1.807, 2.05) is 20.1 Å². The van der Waals surface area contributed by atoms with Gasteiger partial charge in [-0.2, -0.15) is 11.8 Å². The van der Waals surface area contributed by atoms with Gasteiger partial charge in [0.2, 0.25) is 76.8 Å². The van der Waals surface area contributed by atoms with Crippen LogP contribution in [0.3, 0.4) is 0 Å². The van der Waals surface area contributed by atoms with Crippen molar-refractivity contribution in [2.45, 2.75) is 190 Å². The van der Waals surface area contributed by atoms with Crippen LogP contribution in [0.5, 0.6) is 0 Å². The van der Waals surface area contributed by atoms with E-state index in [1.54, 1.807) is 67.6 Å². The SMILES string of the molecule is CSCC[C@H](NC(=O)[C@H](CC(C)C)NC(=O)CNC(=O)[C@H](Cc1ccccc1)NC(=O)[C@@H](NC(=O)[C@H](CCC(N)=O)NC(=O)[C@H](CCC(N)=O)NC(=O)[C@@H]1CCCN1C(=O)[C@H](CCCCN)NC(=O)[C@@H]1CCCN1C(=O)[C@@H](N)CCCN=C(N)N)[C@@H](C)c1ccccc1)C(N)=O. The smallest absolute Gasteiger partial charge is 0.245 e. The number of carbonyl (C=O) groups excluding carboxylic acids is 13. The van der Waals surface area contributed by atoms with Gasteiger partial charge >= 0.3 is 0 Å². The first-order chi connectivity index (χ1) is 45.6. The highest BCUT2D eigenvalue weighted by atomic mass is 32.2. The van der Waals surface area contributed by atoms with E-state index in [0.717, 1.165) is 0 Å². The van der Waals surface area contributed by atoms with Crippen LogP contribution in [-0.2, 0) is 68.7 Å². The molecule has 11 atom stereocenters. The highest BCUT2D eigenvalue weighted by Crippen LogP contribution is 2.25. The van der Waals surface area contributed by atoms with Crippen LogP contribution in [-0.4, -0.2) is 198 Å². The van der Waals surface area contributed by atoms with Gasteiger partial charge in [-0.3, -0.25) is 67.3 Å². The zero-order valence-corrected chi connectivity index (χ0v) is 56.2. The first kappa shape index (κ1) is 79.5. The lowest BCUT2D eigenvalue weighted by Crippen LogP contribution is -2.60. The Kier molecular flexibility index (Phi) is 34.1. The van der Waals surface area contributed by atoms with Crippen molar-refractivity contribution in [1.29, 1.82) is 0 Å². The standard InChI is InChI=1S/C64H100N18O13S/c1-37(2)34-46(58(90)75-42(54(69)86)28-33-96-4)74-52(85)36-73-55(87)47(35-39-16-7-5-8-17-39)79-61(93)53(38(3)40-18-9-6-10-19-40)80-57(89)44(25-27-51(68)84)76-56(88)43(24-26-50(67)83)77-59(91)49-23-15-32-82(49)63(95)45(21-11-12-29-65)78-60(92)48-22-14-31-81(48)62(94)41(66)20-13-30-72-64(70)71/h5-10,16-19,37-38,41-49,53H,11-15,20-36,65-66H2,1-4H3,(H2,67,83)(H2,68,84)(H2,69,86)(H,73,87)(H,74,85)(H,75,90)(H,76,88)(H,77,91)(H,78,92)(H,79,93)(H,80,89)(H4,70,71,72)/t38-,41-,42-,43-,44-,45-,46-,47-,48-,49-,53-/m0/s1. The van der Waals surface area contributed by atoms with Crippen LogP contribution in [0.25, 0.3) is 0 Å². The summed E-state index contributed by atoms with van der Waals surface area (Å²) >= 11 is 1.45. The highest BCUT2D eigenvalue weighted by molar-refractivity contribution is 7.98. The molecule has 2 aromatic carbocycles. The molecule has 32 heteroatoms. The lowest BCUT2D eigenvalue weighted by atomic mass is 9.91. The summed E-state index contributed by atoms with van der Waals surface area (Å²) < 4.78 is 0. The Morgan fingerprint density at radius 1 is 0.562 bits per heavy atom. The summed E-state index contributed by atoms with van der Waals surface area (Å²) in [6.45, 7) is 5.48. The summed E-state index contributed by atoms with van der Waals surface area (Å²) in [5.74, 6) is -10.7. The molecule has 0 saturated carbocycles. The number of hydrogen-bond acceptors (Lipinski definition) is 17. The molecule has 2 fully saturated rings. The van der Waals surface area contributed by atoms with Crippen LogP contribution in [0.4, 0.5) is 0 Å². The fourth-order valence-corrected chi connectivity index (χ4v) is 11.8. The molecule has 2 aromatic rings. The van der Waals surface area contributed by atoms with Crippen molar-refractivity contribution in [1.82, 2.24) is 52.3 Å². The Hall–Kier alpha value is -8.91. The van der Waals surface area contributed by atoms with Crippen LogP contribution in [0, 0.1) is 5.92 Å². The molecule has 0 spiro atoms. The Bertz CT molecular complexity index is 3000. The van der Waals surface area contributed by atoms with Gasteiger partial charge in [-0.05, 0) is 119 Å². The second-order valence-electron chi connectivity index (χ2n) is 24.6. The van der Waals surface area contributed by atoms with Crippen LogP contribution in [0.1, 0.15) is 134 Å². The van der Waals surface area contributed by atoms with Gasteiger partial charge in [0.15, 0.2) is 5.96 Å². The van der Waals surface area contributed by atoms with Gasteiger partial charge in [0, 0.05) is 44.8 Å². The predicted octanol–water partition coefficient (Wildman–Crippen LogP) is -3.15. The van der Waals surface area contributed by atoms with Gasteiger partial charge in [-0.25, -0.2) is 0 Å². The van der Waals surface area contributed by atoms with Gasteiger partial charge in [-0.15, -0.1) is 0 Å². The molecule has 2 saturated heterocycles. The Morgan fingerprint density at radius 2 is 1.09 bits per heavy atom. The van der Waals surface area contributed by atoms with Crippen molar-refractivity contribution in [3.05, 3.63) is 71.8 Å². The average molecular weight is 1360 g/mol. The lowest BCUT2D eigenvalue weighted by molar-refractivity contribution is -0.144. The Morgan fingerprint density at radius 3 is 1.65 bits per heavy atom. The number of primary amides is 3. The molecule has 4 rings (SSSR count). The minimum absolute atomic E-state index is 0.0720. The Labute approximate surface area is 564 Å². The molecule has 2 aliphatic rings. The van der Waals surface area contributed by atoms with Gasteiger partial charge in [0.25, 0.3) is 0 Å². The third-order valence-electron chi connectivity index (χ3n) is 16.5. The zero-order chi connectivity index (χ0) is 71.0. The van der Waals surface area contributed by atoms with E-state index in [2.05, 4.69) is 47.5 Å². The van der Waals surface area contributed by atoms with Crippen LogP contribution < -0.4 is 82.7 Å². The molecule has 0 bridgehead atoms. The molecule has 530 valence electrons. The topological polar surface area (TPSA) is 519 Å². The van der Waals surface area contributed by atoms with E-state index in [4.69, 9.17) is 40.1 Å². The lowest BCUT2D eigenvalue weighted by Gasteiger charge is -2.32. The molecular weight excluding hydrogens is 1260 g/mol. The fourth-order valence-electron chi connectivity index (χ4n) is 11.3. The van der Waals surface area contributed by atoms with Gasteiger partial charge in [0.05, 0.1) is 12.6 Å². The Balaban J connectivity index is 1.59. The minimum Gasteiger partial charge on any atom is -0.370 e. The molecule has 2 aliphatic heterocycles. The van der Waals surface area contributed by atoms with Crippen LogP contribution in [0.15, 0.2) is 65.7 Å². The third-order valence-corrected chi connectivity index (χ3v) is 17.2. The van der Waals surface area contributed by atoms with Crippen LogP contribution in [0.2, 0.25) is 0 Å². The number of carbonyl (C=O) groups is 13. The summed E-state index contributed by atoms with van der Waals surface area (Å²) in [6, 6.07) is 4.51. The number of nitrogens with zero attached hydrogens (tertiary/aromatic N) is 3. The van der Waals surface area contributed by atoms with Crippen molar-refractivity contribution in [2.24, 2.45) is 51.0 Å². The number of amides is 13. The normalized spacial score (nSPS) is 17.1. The number of aliphatic imine (C=N–C) groups is 1. The first-order valence-electron chi connectivity index (χ1n) is 32.6. The molecule has 0 aromatic heterocycles. The number of nitrogens with two attached hydrogens (primary N) is 7. The quantitative estimate of drug-likeness (QED) is 0.0177. The predicted molar refractivity (Wildman–Crippen MR) is 360 cm³/mol. The summed E-state index contributed by atoms with van der Waals surface area (Å²) in [5.41, 5.74) is 40.7. The number of nitrogens with one attached hydrogen (secondary N) is 8. The summed E-state index contributed by atoms with van der Waals surface area (Å²) in [4.78, 5) is 186. The minimum atomic E-state index is -1.66. The third kappa shape index (κ3) is 26.7. The molecule has 0 unspecified atom stereocenters. The second-order valence-corrected chi connectivity index (χ2v) is 25.5. The summed E-state index contributed by atoms with van der Waals surface area (Å²) in [5, 5.41) is 21.2. The maximum atomic E-state index is 14.9. The van der Waals surface area contributed by atoms with Crippen molar-refractivity contribution in [3.8, 4) is 0 Å². The zero-order valence-electron chi connectivity index (χ0n) is 55.4. The number of benzene rings is 2. The maximum absolute atomic E-state index is 14.9. The average Bonchev–Trinajstić information content (AvgIpc) is 1.63. The van der Waals surface area contributed by atoms with Crippen molar-refractivity contribution >= 4 is 94.5 Å². The molecule has 13 amide bonds. The van der Waals surface area contributed by atoms with E-state index < -0.39 is 175 Å².